The molecule has 0 saturated carbocycles. The molecule has 0 atom stereocenters. The van der Waals surface area contributed by atoms with Gasteiger partial charge in [0, 0.05) is 17.7 Å². The fourth-order valence-electron chi connectivity index (χ4n) is 1.95. The maximum Gasteiger partial charge on any atom is 0.176 e. The lowest BCUT2D eigenvalue weighted by atomic mass is 10.1. The van der Waals surface area contributed by atoms with Crippen molar-refractivity contribution in [1.29, 1.82) is 0 Å². The molecular formula is C16H15F2NO. The molecule has 0 spiro atoms. The number of rotatable bonds is 5. The third-order valence-corrected chi connectivity index (χ3v) is 2.98. The molecule has 2 rings (SSSR count). The fraction of sp³-hybridized carbons (Fsp3) is 0.188. The molecule has 0 N–H and O–H groups in total. The maximum absolute atomic E-state index is 13.5. The lowest BCUT2D eigenvalue weighted by molar-refractivity contribution is 0.0942. The van der Waals surface area contributed by atoms with Crippen LogP contribution in [0.1, 0.15) is 15.9 Å². The second-order valence-electron chi connectivity index (χ2n) is 4.69. The van der Waals surface area contributed by atoms with Gasteiger partial charge in [0.2, 0.25) is 0 Å². The van der Waals surface area contributed by atoms with Gasteiger partial charge in [-0.25, -0.2) is 8.78 Å². The molecule has 2 aromatic rings. The normalized spacial score (nSPS) is 10.8. The molecule has 0 aliphatic carbocycles. The number of nitrogens with zero attached hydrogens (tertiary/aromatic N) is 1. The Kier molecular flexibility index (Phi) is 4.58. The van der Waals surface area contributed by atoms with Gasteiger partial charge in [-0.15, -0.1) is 0 Å². The molecule has 0 aliphatic heterocycles. The fourth-order valence-corrected chi connectivity index (χ4v) is 1.95. The van der Waals surface area contributed by atoms with Gasteiger partial charge >= 0.3 is 0 Å². The molecule has 0 fully saturated rings. The van der Waals surface area contributed by atoms with E-state index in [-0.39, 0.29) is 24.0 Å². The van der Waals surface area contributed by atoms with Crippen molar-refractivity contribution in [2.75, 3.05) is 13.6 Å². The number of halogens is 2. The van der Waals surface area contributed by atoms with Crippen molar-refractivity contribution < 1.29 is 13.6 Å². The molecule has 20 heavy (non-hydrogen) atoms. The van der Waals surface area contributed by atoms with E-state index in [9.17, 15) is 13.6 Å². The van der Waals surface area contributed by atoms with Gasteiger partial charge in [0.15, 0.2) is 5.78 Å². The Balaban J connectivity index is 1.98. The van der Waals surface area contributed by atoms with Gasteiger partial charge in [0.25, 0.3) is 0 Å². The van der Waals surface area contributed by atoms with E-state index in [1.807, 2.05) is 0 Å². The molecule has 2 nitrogen and oxygen atoms in total. The molecule has 0 unspecified atom stereocenters. The van der Waals surface area contributed by atoms with Crippen molar-refractivity contribution >= 4 is 5.78 Å². The summed E-state index contributed by atoms with van der Waals surface area (Å²) in [6, 6.07) is 11.9. The molecule has 0 heterocycles. The minimum absolute atomic E-state index is 0.121. The van der Waals surface area contributed by atoms with Gasteiger partial charge in [-0.2, -0.15) is 0 Å². The first-order chi connectivity index (χ1) is 9.56. The second-order valence-corrected chi connectivity index (χ2v) is 4.69. The van der Waals surface area contributed by atoms with Crippen molar-refractivity contribution in [2.24, 2.45) is 0 Å². The molecule has 4 heteroatoms. The minimum Gasteiger partial charge on any atom is -0.294 e. The first-order valence-electron chi connectivity index (χ1n) is 6.27. The summed E-state index contributed by atoms with van der Waals surface area (Å²) in [4.78, 5) is 13.7. The minimum atomic E-state index is -0.374. The Labute approximate surface area is 116 Å². The van der Waals surface area contributed by atoms with E-state index >= 15 is 0 Å². The molecule has 0 aromatic heterocycles. The summed E-state index contributed by atoms with van der Waals surface area (Å²) in [6.07, 6.45) is 0. The smallest absolute Gasteiger partial charge is 0.176 e. The highest BCUT2D eigenvalue weighted by atomic mass is 19.1. The third-order valence-electron chi connectivity index (χ3n) is 2.98. The van der Waals surface area contributed by atoms with Gasteiger partial charge in [-0.1, -0.05) is 18.2 Å². The average Bonchev–Trinajstić information content (AvgIpc) is 2.42. The Morgan fingerprint density at radius 1 is 1.05 bits per heavy atom. The van der Waals surface area contributed by atoms with Crippen LogP contribution in [0.2, 0.25) is 0 Å². The van der Waals surface area contributed by atoms with Gasteiger partial charge in [-0.3, -0.25) is 9.69 Å². The summed E-state index contributed by atoms with van der Waals surface area (Å²) in [7, 11) is 1.74. The zero-order valence-corrected chi connectivity index (χ0v) is 11.1. The first kappa shape index (κ1) is 14.3. The molecule has 0 saturated heterocycles. The Morgan fingerprint density at radius 2 is 1.70 bits per heavy atom. The van der Waals surface area contributed by atoms with Crippen LogP contribution in [0.4, 0.5) is 8.78 Å². The van der Waals surface area contributed by atoms with E-state index in [1.165, 1.54) is 30.3 Å². The van der Waals surface area contributed by atoms with Crippen LogP contribution >= 0.6 is 0 Å². The molecule has 0 aliphatic rings. The zero-order valence-electron chi connectivity index (χ0n) is 11.1. The molecule has 0 radical (unpaired) electrons. The van der Waals surface area contributed by atoms with Crippen LogP contribution < -0.4 is 0 Å². The number of carbonyl (C=O) groups excluding carboxylic acids is 1. The highest BCUT2D eigenvalue weighted by Crippen LogP contribution is 2.10. The van der Waals surface area contributed by atoms with Crippen LogP contribution in [0.15, 0.2) is 48.5 Å². The third kappa shape index (κ3) is 3.71. The van der Waals surface area contributed by atoms with E-state index in [0.29, 0.717) is 17.7 Å². The van der Waals surface area contributed by atoms with Gasteiger partial charge in [0.05, 0.1) is 6.54 Å². The van der Waals surface area contributed by atoms with Gasteiger partial charge in [0.1, 0.15) is 11.6 Å². The van der Waals surface area contributed by atoms with Crippen LogP contribution in [-0.4, -0.2) is 24.3 Å². The topological polar surface area (TPSA) is 20.3 Å². The molecule has 0 amide bonds. The monoisotopic (exact) mass is 275 g/mol. The summed E-state index contributed by atoms with van der Waals surface area (Å²) in [5.41, 5.74) is 0.994. The van der Waals surface area contributed by atoms with Crippen molar-refractivity contribution in [1.82, 2.24) is 4.90 Å². The lowest BCUT2D eigenvalue weighted by Gasteiger charge is -2.16. The Bertz CT molecular complexity index is 596. The predicted molar refractivity (Wildman–Crippen MR) is 73.5 cm³/mol. The largest absolute Gasteiger partial charge is 0.294 e. The average molecular weight is 275 g/mol. The number of Topliss-reactive ketones (excluding diaryl/α,β-unsaturated/α-hetero) is 1. The number of benzene rings is 2. The quantitative estimate of drug-likeness (QED) is 0.780. The first-order valence-corrected chi connectivity index (χ1v) is 6.27. The highest BCUT2D eigenvalue weighted by Gasteiger charge is 2.11. The molecule has 104 valence electrons. The van der Waals surface area contributed by atoms with E-state index in [1.54, 1.807) is 30.1 Å². The van der Waals surface area contributed by atoms with E-state index in [2.05, 4.69) is 0 Å². The summed E-state index contributed by atoms with van der Waals surface area (Å²) >= 11 is 0. The summed E-state index contributed by atoms with van der Waals surface area (Å²) in [5, 5.41) is 0. The molecule has 0 bridgehead atoms. The molecule has 2 aromatic carbocycles. The number of ketones is 1. The van der Waals surface area contributed by atoms with E-state index in [0.717, 1.165) is 0 Å². The standard InChI is InChI=1S/C16H15F2NO/c1-19(10-13-4-2-3-5-15(13)18)11-16(20)12-6-8-14(17)9-7-12/h2-9H,10-11H2,1H3. The van der Waals surface area contributed by atoms with Crippen LogP contribution in [-0.2, 0) is 6.54 Å². The highest BCUT2D eigenvalue weighted by molar-refractivity contribution is 5.97. The summed E-state index contributed by atoms with van der Waals surface area (Å²) in [5.74, 6) is -0.779. The van der Waals surface area contributed by atoms with Crippen LogP contribution in [0, 0.1) is 11.6 Å². The number of carbonyl (C=O) groups is 1. The van der Waals surface area contributed by atoms with Crippen LogP contribution in [0.5, 0.6) is 0 Å². The number of hydrogen-bond acceptors (Lipinski definition) is 2. The Hall–Kier alpha value is -2.07. The zero-order chi connectivity index (χ0) is 14.5. The van der Waals surface area contributed by atoms with Crippen molar-refractivity contribution in [3.8, 4) is 0 Å². The van der Waals surface area contributed by atoms with E-state index in [4.69, 9.17) is 0 Å². The summed E-state index contributed by atoms with van der Waals surface area (Å²) in [6.45, 7) is 0.500. The van der Waals surface area contributed by atoms with Crippen molar-refractivity contribution in [2.45, 2.75) is 6.54 Å². The number of hydrogen-bond donors (Lipinski definition) is 0. The van der Waals surface area contributed by atoms with Crippen LogP contribution in [0.25, 0.3) is 0 Å². The van der Waals surface area contributed by atoms with Crippen molar-refractivity contribution in [3.63, 3.8) is 0 Å². The maximum atomic E-state index is 13.5. The lowest BCUT2D eigenvalue weighted by Crippen LogP contribution is -2.26. The SMILES string of the molecule is CN(CC(=O)c1ccc(F)cc1)Cc1ccccc1F. The van der Waals surface area contributed by atoms with Crippen LogP contribution in [0.3, 0.4) is 0 Å². The van der Waals surface area contributed by atoms with Crippen molar-refractivity contribution in [3.05, 3.63) is 71.3 Å². The van der Waals surface area contributed by atoms with Gasteiger partial charge in [-0.05, 0) is 37.4 Å². The van der Waals surface area contributed by atoms with E-state index < -0.39 is 0 Å². The number of likely N-dealkylation sites (N-methyl/N-ethyl adjacent to an activating group) is 1. The Morgan fingerprint density at radius 3 is 2.35 bits per heavy atom. The summed E-state index contributed by atoms with van der Waals surface area (Å²) < 4.78 is 26.3. The molecular weight excluding hydrogens is 260 g/mol. The van der Waals surface area contributed by atoms with Gasteiger partial charge < -0.3 is 0 Å². The second kappa shape index (κ2) is 6.39. The predicted octanol–water partition coefficient (Wildman–Crippen LogP) is 3.28.